The molecule has 0 aromatic rings. The molecule has 0 spiro atoms. The molecule has 0 bridgehead atoms. The minimum Gasteiger partial charge on any atom is -0.350 e. The summed E-state index contributed by atoms with van der Waals surface area (Å²) >= 11 is 0. The lowest BCUT2D eigenvalue weighted by Crippen LogP contribution is -2.31. The number of hydrogen-bond donors (Lipinski definition) is 2. The molecule has 0 aromatic heterocycles. The SMILES string of the molecule is C/C(=C\[C@@H]1CCCN1)C(=O)NC(C)C.Cl. The molecule has 88 valence electrons. The van der Waals surface area contributed by atoms with E-state index < -0.39 is 0 Å². The smallest absolute Gasteiger partial charge is 0.246 e. The third kappa shape index (κ3) is 5.19. The highest BCUT2D eigenvalue weighted by atomic mass is 35.5. The lowest BCUT2D eigenvalue weighted by Gasteiger charge is -2.10. The molecule has 1 heterocycles. The van der Waals surface area contributed by atoms with Gasteiger partial charge in [-0.1, -0.05) is 6.08 Å². The maximum atomic E-state index is 11.5. The van der Waals surface area contributed by atoms with Gasteiger partial charge in [-0.25, -0.2) is 0 Å². The van der Waals surface area contributed by atoms with E-state index in [-0.39, 0.29) is 24.4 Å². The van der Waals surface area contributed by atoms with Gasteiger partial charge in [0.05, 0.1) is 0 Å². The quantitative estimate of drug-likeness (QED) is 0.727. The van der Waals surface area contributed by atoms with Gasteiger partial charge in [-0.05, 0) is 40.2 Å². The number of carbonyl (C=O) groups is 1. The summed E-state index contributed by atoms with van der Waals surface area (Å²) in [5.41, 5.74) is 0.818. The number of amides is 1. The van der Waals surface area contributed by atoms with Gasteiger partial charge in [0, 0.05) is 17.7 Å². The predicted octanol–water partition coefficient (Wildman–Crippen LogP) is 1.63. The molecule has 0 aromatic carbocycles. The lowest BCUT2D eigenvalue weighted by molar-refractivity contribution is -0.117. The Hall–Kier alpha value is -0.540. The maximum Gasteiger partial charge on any atom is 0.246 e. The van der Waals surface area contributed by atoms with E-state index in [4.69, 9.17) is 0 Å². The average molecular weight is 233 g/mol. The number of hydrogen-bond acceptors (Lipinski definition) is 2. The normalized spacial score (nSPS) is 21.3. The van der Waals surface area contributed by atoms with Crippen molar-refractivity contribution >= 4 is 18.3 Å². The van der Waals surface area contributed by atoms with Crippen LogP contribution >= 0.6 is 12.4 Å². The van der Waals surface area contributed by atoms with Crippen molar-refractivity contribution in [3.8, 4) is 0 Å². The molecular formula is C11H21ClN2O. The molecule has 1 rings (SSSR count). The molecule has 3 nitrogen and oxygen atoms in total. The molecule has 1 atom stereocenters. The van der Waals surface area contributed by atoms with Crippen LogP contribution < -0.4 is 10.6 Å². The summed E-state index contributed by atoms with van der Waals surface area (Å²) in [6.07, 6.45) is 4.39. The highest BCUT2D eigenvalue weighted by Gasteiger charge is 2.13. The van der Waals surface area contributed by atoms with Crippen molar-refractivity contribution in [2.24, 2.45) is 0 Å². The Morgan fingerprint density at radius 2 is 2.20 bits per heavy atom. The van der Waals surface area contributed by atoms with E-state index in [0.29, 0.717) is 6.04 Å². The first-order valence-corrected chi connectivity index (χ1v) is 5.32. The summed E-state index contributed by atoms with van der Waals surface area (Å²) in [7, 11) is 0. The standard InChI is InChI=1S/C11H20N2O.ClH/c1-8(2)13-11(14)9(3)7-10-5-4-6-12-10;/h7-8,10,12H,4-6H2,1-3H3,(H,13,14);1H/b9-7+;/t10-;/m0./s1. The van der Waals surface area contributed by atoms with Crippen LogP contribution in [0, 0.1) is 0 Å². The van der Waals surface area contributed by atoms with Crippen molar-refractivity contribution in [1.82, 2.24) is 10.6 Å². The third-order valence-electron chi connectivity index (χ3n) is 2.33. The zero-order chi connectivity index (χ0) is 10.6. The summed E-state index contributed by atoms with van der Waals surface area (Å²) in [5, 5.41) is 6.22. The zero-order valence-electron chi connectivity index (χ0n) is 9.67. The molecule has 4 heteroatoms. The fraction of sp³-hybridized carbons (Fsp3) is 0.727. The van der Waals surface area contributed by atoms with E-state index in [1.54, 1.807) is 0 Å². The molecule has 2 N–H and O–H groups in total. The van der Waals surface area contributed by atoms with Crippen LogP contribution in [-0.2, 0) is 4.79 Å². The van der Waals surface area contributed by atoms with Crippen molar-refractivity contribution in [3.05, 3.63) is 11.6 Å². The van der Waals surface area contributed by atoms with Crippen LogP contribution in [0.4, 0.5) is 0 Å². The molecule has 0 saturated carbocycles. The number of carbonyl (C=O) groups excluding carboxylic acids is 1. The van der Waals surface area contributed by atoms with E-state index >= 15 is 0 Å². The van der Waals surface area contributed by atoms with Gasteiger partial charge >= 0.3 is 0 Å². The summed E-state index contributed by atoms with van der Waals surface area (Å²) in [6.45, 7) is 6.88. The molecule has 0 unspecified atom stereocenters. The first-order valence-electron chi connectivity index (χ1n) is 5.32. The summed E-state index contributed by atoms with van der Waals surface area (Å²) < 4.78 is 0. The van der Waals surface area contributed by atoms with Crippen LogP contribution in [0.3, 0.4) is 0 Å². The first kappa shape index (κ1) is 14.5. The van der Waals surface area contributed by atoms with Gasteiger partial charge in [-0.3, -0.25) is 4.79 Å². The molecule has 0 aliphatic carbocycles. The van der Waals surface area contributed by atoms with Gasteiger partial charge < -0.3 is 10.6 Å². The van der Waals surface area contributed by atoms with Crippen molar-refractivity contribution in [3.63, 3.8) is 0 Å². The molecule has 1 aliphatic heterocycles. The van der Waals surface area contributed by atoms with Crippen LogP contribution in [0.15, 0.2) is 11.6 Å². The second kappa shape index (κ2) is 6.85. The highest BCUT2D eigenvalue weighted by Crippen LogP contribution is 2.08. The Morgan fingerprint density at radius 3 is 2.67 bits per heavy atom. The topological polar surface area (TPSA) is 41.1 Å². The van der Waals surface area contributed by atoms with E-state index in [9.17, 15) is 4.79 Å². The van der Waals surface area contributed by atoms with Crippen molar-refractivity contribution in [2.75, 3.05) is 6.54 Å². The summed E-state index contributed by atoms with van der Waals surface area (Å²) in [4.78, 5) is 11.5. The summed E-state index contributed by atoms with van der Waals surface area (Å²) in [5.74, 6) is 0.0497. The molecular weight excluding hydrogens is 212 g/mol. The second-order valence-corrected chi connectivity index (χ2v) is 4.18. The molecule has 15 heavy (non-hydrogen) atoms. The zero-order valence-corrected chi connectivity index (χ0v) is 10.5. The largest absolute Gasteiger partial charge is 0.350 e. The van der Waals surface area contributed by atoms with E-state index in [1.807, 2.05) is 26.8 Å². The fourth-order valence-electron chi connectivity index (χ4n) is 1.61. The Morgan fingerprint density at radius 1 is 1.53 bits per heavy atom. The Balaban J connectivity index is 0.00000196. The van der Waals surface area contributed by atoms with Crippen molar-refractivity contribution in [2.45, 2.75) is 45.7 Å². The number of nitrogens with one attached hydrogen (secondary N) is 2. The van der Waals surface area contributed by atoms with Crippen LogP contribution in [0.25, 0.3) is 0 Å². The monoisotopic (exact) mass is 232 g/mol. The number of rotatable bonds is 3. The average Bonchev–Trinajstić information content (AvgIpc) is 2.55. The van der Waals surface area contributed by atoms with Crippen LogP contribution in [0.5, 0.6) is 0 Å². The van der Waals surface area contributed by atoms with Gasteiger partial charge in [-0.15, -0.1) is 12.4 Å². The number of halogens is 1. The van der Waals surface area contributed by atoms with Gasteiger partial charge in [0.25, 0.3) is 0 Å². The lowest BCUT2D eigenvalue weighted by atomic mass is 10.1. The van der Waals surface area contributed by atoms with E-state index in [2.05, 4.69) is 10.6 Å². The van der Waals surface area contributed by atoms with E-state index in [1.165, 1.54) is 6.42 Å². The minimum absolute atomic E-state index is 0. The molecule has 1 amide bonds. The molecule has 0 radical (unpaired) electrons. The van der Waals surface area contributed by atoms with Gasteiger partial charge in [0.2, 0.25) is 5.91 Å². The Bertz CT molecular complexity index is 233. The van der Waals surface area contributed by atoms with Gasteiger partial charge in [0.1, 0.15) is 0 Å². The van der Waals surface area contributed by atoms with Crippen molar-refractivity contribution < 1.29 is 4.79 Å². The highest BCUT2D eigenvalue weighted by molar-refractivity contribution is 5.93. The van der Waals surface area contributed by atoms with Gasteiger partial charge in [0.15, 0.2) is 0 Å². The van der Waals surface area contributed by atoms with Crippen LogP contribution in [0.2, 0.25) is 0 Å². The third-order valence-corrected chi connectivity index (χ3v) is 2.33. The van der Waals surface area contributed by atoms with Crippen molar-refractivity contribution in [1.29, 1.82) is 0 Å². The molecule has 1 saturated heterocycles. The van der Waals surface area contributed by atoms with Gasteiger partial charge in [-0.2, -0.15) is 0 Å². The maximum absolute atomic E-state index is 11.5. The molecule has 1 aliphatic rings. The first-order chi connectivity index (χ1) is 6.59. The second-order valence-electron chi connectivity index (χ2n) is 4.18. The fourth-order valence-corrected chi connectivity index (χ4v) is 1.61. The summed E-state index contributed by atoms with van der Waals surface area (Å²) in [6, 6.07) is 0.607. The predicted molar refractivity (Wildman–Crippen MR) is 65.3 cm³/mol. The van der Waals surface area contributed by atoms with Crippen LogP contribution in [-0.4, -0.2) is 24.5 Å². The Kier molecular flexibility index (Phi) is 6.61. The minimum atomic E-state index is 0. The van der Waals surface area contributed by atoms with Crippen LogP contribution in [0.1, 0.15) is 33.6 Å². The molecule has 1 fully saturated rings. The van der Waals surface area contributed by atoms with E-state index in [0.717, 1.165) is 18.5 Å². The Labute approximate surface area is 98.1 Å².